The third kappa shape index (κ3) is 3.08. The molecule has 108 valence electrons. The van der Waals surface area contributed by atoms with Crippen LogP contribution in [0.4, 0.5) is 18.9 Å². The van der Waals surface area contributed by atoms with Crippen LogP contribution in [0.1, 0.15) is 11.4 Å². The van der Waals surface area contributed by atoms with E-state index < -0.39 is 11.7 Å². The Bertz CT molecular complexity index is 607. The summed E-state index contributed by atoms with van der Waals surface area (Å²) in [4.78, 5) is 5.93. The second-order valence-electron chi connectivity index (χ2n) is 4.55. The molecular weight excluding hydrogens is 273 g/mol. The molecule has 0 bridgehead atoms. The molecule has 0 fully saturated rings. The number of alkyl halides is 3. The Labute approximate surface area is 113 Å². The predicted molar refractivity (Wildman–Crippen MR) is 66.5 cm³/mol. The van der Waals surface area contributed by atoms with Crippen molar-refractivity contribution in [2.24, 2.45) is 0 Å². The highest BCUT2D eigenvalue weighted by Gasteiger charge is 2.31. The zero-order chi connectivity index (χ0) is 14.9. The summed E-state index contributed by atoms with van der Waals surface area (Å²) < 4.78 is 42.6. The van der Waals surface area contributed by atoms with Crippen LogP contribution >= 0.6 is 0 Å². The molecule has 1 aromatic carbocycles. The molecule has 0 spiro atoms. The third-order valence-corrected chi connectivity index (χ3v) is 2.54. The van der Waals surface area contributed by atoms with Crippen LogP contribution in [0.15, 0.2) is 22.7 Å². The van der Waals surface area contributed by atoms with Gasteiger partial charge < -0.3 is 15.2 Å². The Morgan fingerprint density at radius 1 is 1.30 bits per heavy atom. The first-order valence-corrected chi connectivity index (χ1v) is 5.72. The molecule has 5 nitrogen and oxygen atoms in total. The van der Waals surface area contributed by atoms with Gasteiger partial charge in [-0.25, -0.2) is 0 Å². The Kier molecular flexibility index (Phi) is 3.67. The second kappa shape index (κ2) is 5.12. The molecule has 0 unspecified atom stereocenters. The standard InChI is InChI=1S/C12H13F3N4O/c1-19(2)6-10-17-11(20-18-10)8-4-3-7(5-9(8)16)12(13,14)15/h3-5H,6,16H2,1-2H3. The van der Waals surface area contributed by atoms with E-state index in [0.717, 1.165) is 12.1 Å². The van der Waals surface area contributed by atoms with Gasteiger partial charge in [-0.05, 0) is 32.3 Å². The van der Waals surface area contributed by atoms with E-state index in [1.54, 1.807) is 0 Å². The van der Waals surface area contributed by atoms with Gasteiger partial charge in [-0.15, -0.1) is 0 Å². The first-order chi connectivity index (χ1) is 9.27. The van der Waals surface area contributed by atoms with Crippen LogP contribution in [0.2, 0.25) is 0 Å². The summed E-state index contributed by atoms with van der Waals surface area (Å²) in [5, 5.41) is 3.74. The van der Waals surface area contributed by atoms with Gasteiger partial charge in [-0.3, -0.25) is 0 Å². The molecule has 2 N–H and O–H groups in total. The molecule has 2 aromatic rings. The highest BCUT2D eigenvalue weighted by molar-refractivity contribution is 5.71. The topological polar surface area (TPSA) is 68.2 Å². The van der Waals surface area contributed by atoms with Gasteiger partial charge in [0, 0.05) is 5.69 Å². The third-order valence-electron chi connectivity index (χ3n) is 2.54. The summed E-state index contributed by atoms with van der Waals surface area (Å²) >= 11 is 0. The fraction of sp³-hybridized carbons (Fsp3) is 0.333. The summed E-state index contributed by atoms with van der Waals surface area (Å²) in [6, 6.07) is 3.01. The minimum atomic E-state index is -4.43. The van der Waals surface area contributed by atoms with Crippen LogP contribution in [-0.4, -0.2) is 29.1 Å². The molecule has 0 amide bonds. The zero-order valence-electron chi connectivity index (χ0n) is 10.9. The van der Waals surface area contributed by atoms with Crippen LogP contribution in [0.25, 0.3) is 11.5 Å². The van der Waals surface area contributed by atoms with Crippen LogP contribution in [0, 0.1) is 0 Å². The molecule has 1 heterocycles. The van der Waals surface area contributed by atoms with Crippen molar-refractivity contribution in [1.29, 1.82) is 0 Å². The lowest BCUT2D eigenvalue weighted by atomic mass is 10.1. The molecular formula is C12H13F3N4O. The number of halogens is 3. The average Bonchev–Trinajstić information content (AvgIpc) is 2.75. The Balaban J connectivity index is 2.31. The minimum Gasteiger partial charge on any atom is -0.398 e. The lowest BCUT2D eigenvalue weighted by molar-refractivity contribution is -0.137. The molecule has 0 aliphatic heterocycles. The zero-order valence-corrected chi connectivity index (χ0v) is 10.9. The highest BCUT2D eigenvalue weighted by Crippen LogP contribution is 2.34. The summed E-state index contributed by atoms with van der Waals surface area (Å²) in [6.45, 7) is 0.462. The van der Waals surface area contributed by atoms with E-state index >= 15 is 0 Å². The van der Waals surface area contributed by atoms with Crippen molar-refractivity contribution in [2.75, 3.05) is 19.8 Å². The predicted octanol–water partition coefficient (Wildman–Crippen LogP) is 2.40. The van der Waals surface area contributed by atoms with Gasteiger partial charge in [0.05, 0.1) is 17.7 Å². The van der Waals surface area contributed by atoms with Crippen molar-refractivity contribution in [3.8, 4) is 11.5 Å². The van der Waals surface area contributed by atoms with Crippen LogP contribution in [-0.2, 0) is 12.7 Å². The van der Waals surface area contributed by atoms with Gasteiger partial charge in [-0.2, -0.15) is 18.2 Å². The van der Waals surface area contributed by atoms with E-state index in [0.29, 0.717) is 12.4 Å². The lowest BCUT2D eigenvalue weighted by Gasteiger charge is -2.08. The van der Waals surface area contributed by atoms with Crippen LogP contribution in [0.3, 0.4) is 0 Å². The molecule has 0 aliphatic carbocycles. The molecule has 2 rings (SSSR count). The summed E-state index contributed by atoms with van der Waals surface area (Å²) in [5.74, 6) is 0.539. The van der Waals surface area contributed by atoms with Crippen molar-refractivity contribution in [3.63, 3.8) is 0 Å². The largest absolute Gasteiger partial charge is 0.416 e. The Hall–Kier alpha value is -2.09. The van der Waals surface area contributed by atoms with Gasteiger partial charge in [0.2, 0.25) is 0 Å². The summed E-state index contributed by atoms with van der Waals surface area (Å²) in [6.07, 6.45) is -4.43. The number of rotatable bonds is 3. The number of aromatic nitrogens is 2. The second-order valence-corrected chi connectivity index (χ2v) is 4.55. The maximum absolute atomic E-state index is 12.5. The van der Waals surface area contributed by atoms with Crippen LogP contribution < -0.4 is 5.73 Å². The first kappa shape index (κ1) is 14.3. The van der Waals surface area contributed by atoms with Gasteiger partial charge >= 0.3 is 6.18 Å². The Morgan fingerprint density at radius 2 is 2.00 bits per heavy atom. The van der Waals surface area contributed by atoms with E-state index in [4.69, 9.17) is 10.3 Å². The number of hydrogen-bond acceptors (Lipinski definition) is 5. The number of benzene rings is 1. The SMILES string of the molecule is CN(C)Cc1noc(-c2ccc(C(F)(F)F)cc2N)n1. The summed E-state index contributed by atoms with van der Waals surface area (Å²) in [7, 11) is 3.67. The van der Waals surface area contributed by atoms with E-state index in [1.165, 1.54) is 6.07 Å². The van der Waals surface area contributed by atoms with Crippen molar-refractivity contribution in [3.05, 3.63) is 29.6 Å². The number of nitrogen functional groups attached to an aromatic ring is 1. The van der Waals surface area contributed by atoms with Crippen molar-refractivity contribution < 1.29 is 17.7 Å². The smallest absolute Gasteiger partial charge is 0.398 e. The number of hydrogen-bond donors (Lipinski definition) is 1. The molecule has 0 saturated heterocycles. The number of nitrogens with zero attached hydrogens (tertiary/aromatic N) is 3. The van der Waals surface area contributed by atoms with Crippen molar-refractivity contribution >= 4 is 5.69 Å². The summed E-state index contributed by atoms with van der Waals surface area (Å²) in [5.41, 5.74) is 5.04. The number of nitrogens with two attached hydrogens (primary N) is 1. The first-order valence-electron chi connectivity index (χ1n) is 5.72. The molecule has 20 heavy (non-hydrogen) atoms. The quantitative estimate of drug-likeness (QED) is 0.877. The van der Waals surface area contributed by atoms with Gasteiger partial charge in [0.25, 0.3) is 5.89 Å². The monoisotopic (exact) mass is 286 g/mol. The van der Waals surface area contributed by atoms with E-state index in [2.05, 4.69) is 10.1 Å². The van der Waals surface area contributed by atoms with Gasteiger partial charge in [0.15, 0.2) is 5.82 Å². The highest BCUT2D eigenvalue weighted by atomic mass is 19.4. The molecule has 0 atom stereocenters. The molecule has 1 aromatic heterocycles. The van der Waals surface area contributed by atoms with E-state index in [-0.39, 0.29) is 17.1 Å². The van der Waals surface area contributed by atoms with Gasteiger partial charge in [0.1, 0.15) is 0 Å². The Morgan fingerprint density at radius 3 is 2.55 bits per heavy atom. The average molecular weight is 286 g/mol. The van der Waals surface area contributed by atoms with Crippen molar-refractivity contribution in [2.45, 2.75) is 12.7 Å². The fourth-order valence-electron chi connectivity index (χ4n) is 1.64. The van der Waals surface area contributed by atoms with Crippen molar-refractivity contribution in [1.82, 2.24) is 15.0 Å². The fourth-order valence-corrected chi connectivity index (χ4v) is 1.64. The lowest BCUT2D eigenvalue weighted by Crippen LogP contribution is -2.11. The van der Waals surface area contributed by atoms with Gasteiger partial charge in [-0.1, -0.05) is 5.16 Å². The van der Waals surface area contributed by atoms with E-state index in [9.17, 15) is 13.2 Å². The molecule has 0 saturated carbocycles. The molecule has 0 radical (unpaired) electrons. The minimum absolute atomic E-state index is 0.0557. The maximum atomic E-state index is 12.5. The maximum Gasteiger partial charge on any atom is 0.416 e. The number of anilines is 1. The molecule has 0 aliphatic rings. The molecule has 8 heteroatoms. The normalized spacial score (nSPS) is 12.1. The van der Waals surface area contributed by atoms with E-state index in [1.807, 2.05) is 19.0 Å². The van der Waals surface area contributed by atoms with Crippen LogP contribution in [0.5, 0.6) is 0 Å².